The van der Waals surface area contributed by atoms with E-state index in [2.05, 4.69) is 5.32 Å². The molecule has 0 atom stereocenters. The second kappa shape index (κ2) is 9.65. The van der Waals surface area contributed by atoms with Crippen LogP contribution in [0.3, 0.4) is 0 Å². The molecule has 8 heteroatoms. The van der Waals surface area contributed by atoms with Gasteiger partial charge in [0.1, 0.15) is 17.2 Å². The minimum Gasteiger partial charge on any atom is -0.496 e. The molecule has 0 aliphatic carbocycles. The van der Waals surface area contributed by atoms with Crippen LogP contribution in [0, 0.1) is 0 Å². The van der Waals surface area contributed by atoms with Gasteiger partial charge in [-0.2, -0.15) is 0 Å². The molecule has 2 amide bonds. The fraction of sp³-hybridized carbons (Fsp3) is 0.273. The van der Waals surface area contributed by atoms with Gasteiger partial charge in [0.05, 0.1) is 25.5 Å². The quantitative estimate of drug-likeness (QED) is 0.484. The molecular weight excluding hydrogens is 408 g/mol. The summed E-state index contributed by atoms with van der Waals surface area (Å²) in [4.78, 5) is 27.7. The van der Waals surface area contributed by atoms with Crippen LogP contribution < -0.4 is 14.8 Å². The van der Waals surface area contributed by atoms with Crippen molar-refractivity contribution in [1.29, 1.82) is 0 Å². The Morgan fingerprint density at radius 3 is 2.40 bits per heavy atom. The first-order valence-electron chi connectivity index (χ1n) is 9.35. The number of benzene rings is 2. The molecule has 158 valence electrons. The van der Waals surface area contributed by atoms with Crippen LogP contribution in [0.5, 0.6) is 11.5 Å². The highest BCUT2D eigenvalue weighted by molar-refractivity contribution is 6.37. The molecular formula is C22H23ClN2O5. The van der Waals surface area contributed by atoms with E-state index in [4.69, 9.17) is 25.8 Å². The summed E-state index contributed by atoms with van der Waals surface area (Å²) in [7, 11) is 4.61. The van der Waals surface area contributed by atoms with Gasteiger partial charge in [0.2, 0.25) is 0 Å². The van der Waals surface area contributed by atoms with E-state index in [1.165, 1.54) is 19.1 Å². The average molecular weight is 431 g/mol. The largest absolute Gasteiger partial charge is 0.496 e. The normalized spacial score (nSPS) is 13.8. The zero-order chi connectivity index (χ0) is 21.7. The summed E-state index contributed by atoms with van der Waals surface area (Å²) in [6.07, 6.45) is 0.529. The molecule has 1 heterocycles. The first-order chi connectivity index (χ1) is 14.5. The zero-order valence-corrected chi connectivity index (χ0v) is 17.8. The minimum atomic E-state index is -0.431. The van der Waals surface area contributed by atoms with Crippen molar-refractivity contribution in [3.8, 4) is 11.5 Å². The predicted molar refractivity (Wildman–Crippen MR) is 115 cm³/mol. The minimum absolute atomic E-state index is 0.141. The van der Waals surface area contributed by atoms with Gasteiger partial charge in [0, 0.05) is 30.8 Å². The third kappa shape index (κ3) is 4.27. The van der Waals surface area contributed by atoms with Crippen LogP contribution in [-0.2, 0) is 14.3 Å². The van der Waals surface area contributed by atoms with Crippen LogP contribution in [0.15, 0.2) is 48.2 Å². The molecule has 0 bridgehead atoms. The lowest BCUT2D eigenvalue weighted by Gasteiger charge is -2.15. The lowest BCUT2D eigenvalue weighted by atomic mass is 10.0. The fourth-order valence-electron chi connectivity index (χ4n) is 3.28. The van der Waals surface area contributed by atoms with Crippen LogP contribution in [0.2, 0.25) is 5.02 Å². The van der Waals surface area contributed by atoms with Crippen LogP contribution in [-0.4, -0.2) is 51.2 Å². The number of nitrogens with zero attached hydrogens (tertiary/aromatic N) is 1. The maximum absolute atomic E-state index is 13.3. The number of ether oxygens (including phenoxy) is 3. The first kappa shape index (κ1) is 21.7. The molecule has 0 aromatic heterocycles. The molecule has 30 heavy (non-hydrogen) atoms. The second-order valence-corrected chi connectivity index (χ2v) is 6.96. The van der Waals surface area contributed by atoms with Gasteiger partial charge in [-0.3, -0.25) is 14.5 Å². The lowest BCUT2D eigenvalue weighted by Crippen LogP contribution is -2.34. The van der Waals surface area contributed by atoms with E-state index >= 15 is 0 Å². The number of halogens is 1. The number of anilines is 1. The third-order valence-electron chi connectivity index (χ3n) is 4.70. The van der Waals surface area contributed by atoms with Crippen LogP contribution in [0.25, 0.3) is 5.57 Å². The topological polar surface area (TPSA) is 77.1 Å². The van der Waals surface area contributed by atoms with Gasteiger partial charge < -0.3 is 19.5 Å². The molecule has 0 unspecified atom stereocenters. The molecule has 0 fully saturated rings. The number of hydrogen-bond donors (Lipinski definition) is 1. The molecule has 1 aliphatic rings. The summed E-state index contributed by atoms with van der Waals surface area (Å²) in [6, 6.07) is 12.1. The Balaban J connectivity index is 2.09. The highest BCUT2D eigenvalue weighted by Gasteiger charge is 2.40. The van der Waals surface area contributed by atoms with E-state index in [1.807, 2.05) is 0 Å². The van der Waals surface area contributed by atoms with Gasteiger partial charge in [0.25, 0.3) is 11.8 Å². The Labute approximate surface area is 180 Å². The highest BCUT2D eigenvalue weighted by atomic mass is 35.5. The molecule has 1 aliphatic heterocycles. The van der Waals surface area contributed by atoms with E-state index in [0.717, 1.165) is 0 Å². The summed E-state index contributed by atoms with van der Waals surface area (Å²) in [5.41, 5.74) is 1.38. The molecule has 2 aromatic rings. The van der Waals surface area contributed by atoms with Crippen molar-refractivity contribution in [2.24, 2.45) is 0 Å². The van der Waals surface area contributed by atoms with E-state index in [0.29, 0.717) is 40.8 Å². The van der Waals surface area contributed by atoms with Crippen molar-refractivity contribution in [1.82, 2.24) is 4.90 Å². The number of rotatable bonds is 9. The summed E-state index contributed by atoms with van der Waals surface area (Å²) >= 11 is 6.13. The fourth-order valence-corrected chi connectivity index (χ4v) is 3.45. The van der Waals surface area contributed by atoms with E-state index in [1.54, 1.807) is 49.6 Å². The van der Waals surface area contributed by atoms with Crippen molar-refractivity contribution in [3.63, 3.8) is 0 Å². The summed E-state index contributed by atoms with van der Waals surface area (Å²) in [5, 5.41) is 3.54. The van der Waals surface area contributed by atoms with Gasteiger partial charge in [-0.25, -0.2) is 0 Å². The Morgan fingerprint density at radius 1 is 0.967 bits per heavy atom. The average Bonchev–Trinajstić information content (AvgIpc) is 2.98. The summed E-state index contributed by atoms with van der Waals surface area (Å²) < 4.78 is 15.9. The number of carbonyl (C=O) groups is 2. The number of para-hydroxylation sites is 1. The number of amides is 2. The SMILES string of the molecule is COCCCN1C(=O)C(Nc2cc(Cl)ccc2OC)=C(c2ccccc2OC)C1=O. The van der Waals surface area contributed by atoms with E-state index < -0.39 is 11.8 Å². The third-order valence-corrected chi connectivity index (χ3v) is 4.93. The number of hydrogen-bond acceptors (Lipinski definition) is 6. The van der Waals surface area contributed by atoms with Gasteiger partial charge >= 0.3 is 0 Å². The molecule has 2 aromatic carbocycles. The van der Waals surface area contributed by atoms with Crippen molar-refractivity contribution in [3.05, 3.63) is 58.7 Å². The monoisotopic (exact) mass is 430 g/mol. The molecule has 0 radical (unpaired) electrons. The van der Waals surface area contributed by atoms with Crippen LogP contribution in [0.1, 0.15) is 12.0 Å². The Bertz CT molecular complexity index is 989. The molecule has 3 rings (SSSR count). The van der Waals surface area contributed by atoms with Gasteiger partial charge in [-0.1, -0.05) is 29.8 Å². The summed E-state index contributed by atoms with van der Waals surface area (Å²) in [5.74, 6) is 0.150. The van der Waals surface area contributed by atoms with Crippen LogP contribution in [0.4, 0.5) is 5.69 Å². The zero-order valence-electron chi connectivity index (χ0n) is 17.0. The number of imide groups is 1. The maximum atomic E-state index is 13.3. The van der Waals surface area contributed by atoms with E-state index in [-0.39, 0.29) is 17.8 Å². The van der Waals surface area contributed by atoms with E-state index in [9.17, 15) is 9.59 Å². The standard InChI is InChI=1S/C22H23ClN2O5/c1-28-12-6-11-25-21(26)19(15-7-4-5-8-17(15)29-2)20(22(25)27)24-16-13-14(23)9-10-18(16)30-3/h4-5,7-10,13,24H,6,11-12H2,1-3H3. The number of nitrogens with one attached hydrogen (secondary N) is 1. The van der Waals surface area contributed by atoms with Gasteiger partial charge in [-0.05, 0) is 30.7 Å². The Hall–Kier alpha value is -3.03. The van der Waals surface area contributed by atoms with Gasteiger partial charge in [0.15, 0.2) is 0 Å². The van der Waals surface area contributed by atoms with Crippen molar-refractivity contribution < 1.29 is 23.8 Å². The summed E-state index contributed by atoms with van der Waals surface area (Å²) in [6.45, 7) is 0.675. The molecule has 0 saturated heterocycles. The van der Waals surface area contributed by atoms with Crippen molar-refractivity contribution in [2.75, 3.05) is 39.8 Å². The smallest absolute Gasteiger partial charge is 0.278 e. The van der Waals surface area contributed by atoms with Crippen LogP contribution >= 0.6 is 11.6 Å². The molecule has 0 spiro atoms. The lowest BCUT2D eigenvalue weighted by molar-refractivity contribution is -0.137. The Kier molecular flexibility index (Phi) is 6.97. The maximum Gasteiger partial charge on any atom is 0.278 e. The predicted octanol–water partition coefficient (Wildman–Crippen LogP) is 3.59. The highest BCUT2D eigenvalue weighted by Crippen LogP contribution is 2.37. The second-order valence-electron chi connectivity index (χ2n) is 6.53. The number of methoxy groups -OCH3 is 3. The molecule has 0 saturated carbocycles. The van der Waals surface area contributed by atoms with Crippen molar-refractivity contribution >= 4 is 34.7 Å². The molecule has 7 nitrogen and oxygen atoms in total. The first-order valence-corrected chi connectivity index (χ1v) is 9.73. The Morgan fingerprint density at radius 2 is 1.70 bits per heavy atom. The van der Waals surface area contributed by atoms with Gasteiger partial charge in [-0.15, -0.1) is 0 Å². The molecule has 1 N–H and O–H groups in total. The number of carbonyl (C=O) groups excluding carboxylic acids is 2. The van der Waals surface area contributed by atoms with Crippen molar-refractivity contribution in [2.45, 2.75) is 6.42 Å².